The number of nitrogens with zero attached hydrogens (tertiary/aromatic N) is 3. The maximum Gasteiger partial charge on any atom is 0.226 e. The number of rotatable bonds is 2. The molecule has 0 aliphatic heterocycles. The highest BCUT2D eigenvalue weighted by molar-refractivity contribution is 6.28. The molecule has 2 aliphatic rings. The molecule has 21 heavy (non-hydrogen) atoms. The van der Waals surface area contributed by atoms with E-state index in [9.17, 15) is 0 Å². The summed E-state index contributed by atoms with van der Waals surface area (Å²) in [6.07, 6.45) is 5.55. The first-order valence-electron chi connectivity index (χ1n) is 7.53. The van der Waals surface area contributed by atoms with Gasteiger partial charge in [0.05, 0.1) is 6.33 Å². The van der Waals surface area contributed by atoms with E-state index in [1.165, 1.54) is 19.3 Å². The van der Waals surface area contributed by atoms with Gasteiger partial charge in [0.15, 0.2) is 11.5 Å². The monoisotopic (exact) mass is 305 g/mol. The highest BCUT2D eigenvalue weighted by Crippen LogP contribution is 2.63. The van der Waals surface area contributed by atoms with Gasteiger partial charge < -0.3 is 10.3 Å². The molecule has 112 valence electrons. The van der Waals surface area contributed by atoms with Crippen LogP contribution < -0.4 is 5.32 Å². The Hall–Kier alpha value is -1.36. The number of halogens is 1. The first kappa shape index (κ1) is 13.3. The van der Waals surface area contributed by atoms with Crippen LogP contribution in [0.3, 0.4) is 0 Å². The summed E-state index contributed by atoms with van der Waals surface area (Å²) >= 11 is 6.03. The SMILES string of the molecule is CC12CCC(C1)C(C)(C)C2Nc1nc(Cl)nc2nc[nH]c12. The maximum atomic E-state index is 6.03. The second-order valence-corrected chi connectivity index (χ2v) is 7.77. The van der Waals surface area contributed by atoms with Crippen LogP contribution in [0.1, 0.15) is 40.0 Å². The lowest BCUT2D eigenvalue weighted by Gasteiger charge is -2.43. The molecule has 0 spiro atoms. The summed E-state index contributed by atoms with van der Waals surface area (Å²) in [6.45, 7) is 7.13. The molecule has 6 heteroatoms. The third kappa shape index (κ3) is 1.79. The van der Waals surface area contributed by atoms with Crippen molar-refractivity contribution in [1.29, 1.82) is 0 Å². The topological polar surface area (TPSA) is 66.5 Å². The average molecular weight is 306 g/mol. The van der Waals surface area contributed by atoms with Crippen LogP contribution in [0.4, 0.5) is 5.82 Å². The summed E-state index contributed by atoms with van der Waals surface area (Å²) in [4.78, 5) is 15.8. The molecule has 2 bridgehead atoms. The van der Waals surface area contributed by atoms with Crippen molar-refractivity contribution < 1.29 is 0 Å². The van der Waals surface area contributed by atoms with Crippen LogP contribution in [0.25, 0.3) is 11.2 Å². The van der Waals surface area contributed by atoms with Crippen LogP contribution in [-0.2, 0) is 0 Å². The van der Waals surface area contributed by atoms with E-state index in [1.54, 1.807) is 6.33 Å². The number of aromatic nitrogens is 4. The van der Waals surface area contributed by atoms with Gasteiger partial charge in [-0.05, 0) is 47.6 Å². The van der Waals surface area contributed by atoms with Crippen molar-refractivity contribution in [3.63, 3.8) is 0 Å². The fraction of sp³-hybridized carbons (Fsp3) is 0.667. The molecule has 2 aliphatic carbocycles. The van der Waals surface area contributed by atoms with E-state index >= 15 is 0 Å². The van der Waals surface area contributed by atoms with Gasteiger partial charge in [-0.2, -0.15) is 9.97 Å². The van der Waals surface area contributed by atoms with Crippen LogP contribution in [0.2, 0.25) is 5.28 Å². The molecule has 3 unspecified atom stereocenters. The predicted molar refractivity (Wildman–Crippen MR) is 83.3 cm³/mol. The number of hydrogen-bond donors (Lipinski definition) is 2. The molecule has 2 aromatic rings. The summed E-state index contributed by atoms with van der Waals surface area (Å²) in [7, 11) is 0. The molecule has 0 aromatic carbocycles. The summed E-state index contributed by atoms with van der Waals surface area (Å²) in [6, 6.07) is 0.390. The van der Waals surface area contributed by atoms with E-state index < -0.39 is 0 Å². The van der Waals surface area contributed by atoms with Gasteiger partial charge in [0, 0.05) is 6.04 Å². The molecule has 2 N–H and O–H groups in total. The molecule has 2 heterocycles. The molecule has 5 nitrogen and oxygen atoms in total. The number of fused-ring (bicyclic) bond motifs is 3. The normalized spacial score (nSPS) is 33.7. The minimum Gasteiger partial charge on any atom is -0.364 e. The maximum absolute atomic E-state index is 6.03. The Morgan fingerprint density at radius 3 is 2.86 bits per heavy atom. The standard InChI is InChI=1S/C15H20ClN5/c1-14(2)8-4-5-15(3,6-8)12(14)19-11-9-10(18-7-17-9)20-13(16)21-11/h7-8,12H,4-6H2,1-3H3,(H2,17,18,19,20,21). The Morgan fingerprint density at radius 1 is 1.33 bits per heavy atom. The molecule has 0 amide bonds. The fourth-order valence-electron chi connectivity index (χ4n) is 4.71. The Balaban J connectivity index is 1.76. The van der Waals surface area contributed by atoms with Crippen LogP contribution in [0, 0.1) is 16.7 Å². The molecular formula is C15H20ClN5. The van der Waals surface area contributed by atoms with Gasteiger partial charge >= 0.3 is 0 Å². The second-order valence-electron chi connectivity index (χ2n) is 7.43. The van der Waals surface area contributed by atoms with Gasteiger partial charge in [-0.1, -0.05) is 20.8 Å². The van der Waals surface area contributed by atoms with Crippen LogP contribution >= 0.6 is 11.6 Å². The lowest BCUT2D eigenvalue weighted by Crippen LogP contribution is -2.46. The summed E-state index contributed by atoms with van der Waals surface area (Å²) in [5, 5.41) is 3.91. The zero-order chi connectivity index (χ0) is 14.8. The first-order valence-corrected chi connectivity index (χ1v) is 7.91. The van der Waals surface area contributed by atoms with E-state index in [0.29, 0.717) is 17.1 Å². The van der Waals surface area contributed by atoms with Gasteiger partial charge in [0.25, 0.3) is 0 Å². The van der Waals surface area contributed by atoms with Crippen LogP contribution in [0.15, 0.2) is 6.33 Å². The van der Waals surface area contributed by atoms with Gasteiger partial charge in [-0.25, -0.2) is 4.98 Å². The highest BCUT2D eigenvalue weighted by Gasteiger charge is 2.59. The molecule has 4 rings (SSSR count). The largest absolute Gasteiger partial charge is 0.364 e. The third-order valence-corrected chi connectivity index (χ3v) is 5.98. The minimum absolute atomic E-state index is 0.239. The van der Waals surface area contributed by atoms with Crippen molar-refractivity contribution in [2.24, 2.45) is 16.7 Å². The summed E-state index contributed by atoms with van der Waals surface area (Å²) in [5.41, 5.74) is 2.04. The van der Waals surface area contributed by atoms with E-state index in [4.69, 9.17) is 11.6 Å². The van der Waals surface area contributed by atoms with Crippen LogP contribution in [0.5, 0.6) is 0 Å². The Labute approximate surface area is 128 Å². The second kappa shape index (κ2) is 4.09. The average Bonchev–Trinajstić information content (AvgIpc) is 3.05. The summed E-state index contributed by atoms with van der Waals surface area (Å²) < 4.78 is 0. The van der Waals surface area contributed by atoms with E-state index in [-0.39, 0.29) is 10.7 Å². The number of aromatic amines is 1. The fourth-order valence-corrected chi connectivity index (χ4v) is 4.87. The number of nitrogens with one attached hydrogen (secondary N) is 2. The number of hydrogen-bond acceptors (Lipinski definition) is 4. The quantitative estimate of drug-likeness (QED) is 0.831. The van der Waals surface area contributed by atoms with Gasteiger partial charge in [0.2, 0.25) is 5.28 Å². The van der Waals surface area contributed by atoms with E-state index in [1.807, 2.05) is 0 Å². The summed E-state index contributed by atoms with van der Waals surface area (Å²) in [5.74, 6) is 1.56. The lowest BCUT2D eigenvalue weighted by molar-refractivity contribution is 0.155. The molecule has 2 aromatic heterocycles. The van der Waals surface area contributed by atoms with Crippen molar-refractivity contribution in [3.05, 3.63) is 11.6 Å². The Morgan fingerprint density at radius 2 is 2.14 bits per heavy atom. The Bertz CT molecular complexity index is 704. The van der Waals surface area contributed by atoms with Crippen molar-refractivity contribution in [1.82, 2.24) is 19.9 Å². The van der Waals surface area contributed by atoms with Crippen molar-refractivity contribution in [3.8, 4) is 0 Å². The third-order valence-electron chi connectivity index (χ3n) is 5.81. The zero-order valence-corrected chi connectivity index (χ0v) is 13.3. The molecule has 0 radical (unpaired) electrons. The number of anilines is 1. The smallest absolute Gasteiger partial charge is 0.226 e. The highest BCUT2D eigenvalue weighted by atomic mass is 35.5. The molecule has 3 atom stereocenters. The predicted octanol–water partition coefficient (Wildman–Crippen LogP) is 3.63. The lowest BCUT2D eigenvalue weighted by atomic mass is 9.68. The minimum atomic E-state index is 0.239. The van der Waals surface area contributed by atoms with Gasteiger partial charge in [0.1, 0.15) is 5.52 Å². The van der Waals surface area contributed by atoms with E-state index in [0.717, 1.165) is 17.3 Å². The van der Waals surface area contributed by atoms with Crippen LogP contribution in [-0.4, -0.2) is 26.0 Å². The number of H-pyrrole nitrogens is 1. The zero-order valence-electron chi connectivity index (χ0n) is 12.6. The molecule has 2 fully saturated rings. The Kier molecular flexibility index (Phi) is 2.60. The van der Waals surface area contributed by atoms with Crippen molar-refractivity contribution in [2.45, 2.75) is 46.1 Å². The van der Waals surface area contributed by atoms with Gasteiger partial charge in [-0.15, -0.1) is 0 Å². The van der Waals surface area contributed by atoms with E-state index in [2.05, 4.69) is 46.0 Å². The van der Waals surface area contributed by atoms with Crippen molar-refractivity contribution in [2.75, 3.05) is 5.32 Å². The van der Waals surface area contributed by atoms with Crippen molar-refractivity contribution >= 4 is 28.6 Å². The molecule has 0 saturated heterocycles. The van der Waals surface area contributed by atoms with Gasteiger partial charge in [-0.3, -0.25) is 0 Å². The first-order chi connectivity index (χ1) is 9.90. The molecular weight excluding hydrogens is 286 g/mol. The number of imidazole rings is 1. The molecule has 2 saturated carbocycles.